The number of aromatic nitrogens is 3. The highest BCUT2D eigenvalue weighted by atomic mass is 19.4. The number of pyridine rings is 1. The molecule has 130 valence electrons. The molecule has 0 aromatic carbocycles. The van der Waals surface area contributed by atoms with Crippen molar-refractivity contribution >= 4 is 0 Å². The lowest BCUT2D eigenvalue weighted by molar-refractivity contribution is -0.138. The Morgan fingerprint density at radius 1 is 1.42 bits per heavy atom. The second kappa shape index (κ2) is 6.90. The first-order valence-corrected chi connectivity index (χ1v) is 7.77. The van der Waals surface area contributed by atoms with Crippen LogP contribution >= 0.6 is 0 Å². The summed E-state index contributed by atoms with van der Waals surface area (Å²) in [6, 6.07) is 2.44. The average Bonchev–Trinajstić information content (AvgIpc) is 2.99. The van der Waals surface area contributed by atoms with Crippen LogP contribution < -0.4 is 5.32 Å². The minimum Gasteiger partial charge on any atom is -0.372 e. The quantitative estimate of drug-likeness (QED) is 0.930. The molecule has 1 saturated heterocycles. The van der Waals surface area contributed by atoms with Crippen LogP contribution in [0.15, 0.2) is 30.9 Å². The van der Waals surface area contributed by atoms with E-state index in [1.807, 2.05) is 11.6 Å². The van der Waals surface area contributed by atoms with Gasteiger partial charge in [-0.05, 0) is 25.0 Å². The number of rotatable bonds is 4. The van der Waals surface area contributed by atoms with Gasteiger partial charge in [-0.1, -0.05) is 0 Å². The van der Waals surface area contributed by atoms with Crippen molar-refractivity contribution < 1.29 is 17.9 Å². The first-order valence-electron chi connectivity index (χ1n) is 7.77. The number of nitrogens with zero attached hydrogens (tertiary/aromatic N) is 3. The summed E-state index contributed by atoms with van der Waals surface area (Å²) in [5.74, 6) is 0. The number of alkyl halides is 3. The minimum atomic E-state index is -4.39. The molecule has 24 heavy (non-hydrogen) atoms. The number of ether oxygens (including phenoxy) is 1. The number of imidazole rings is 1. The zero-order valence-corrected chi connectivity index (χ0v) is 13.3. The van der Waals surface area contributed by atoms with Gasteiger partial charge in [-0.15, -0.1) is 0 Å². The van der Waals surface area contributed by atoms with Crippen molar-refractivity contribution in [2.75, 3.05) is 6.61 Å². The fourth-order valence-corrected chi connectivity index (χ4v) is 2.94. The average molecular weight is 340 g/mol. The lowest BCUT2D eigenvalue weighted by Crippen LogP contribution is -2.36. The van der Waals surface area contributed by atoms with E-state index in [1.54, 1.807) is 12.5 Å². The van der Waals surface area contributed by atoms with Gasteiger partial charge < -0.3 is 14.6 Å². The van der Waals surface area contributed by atoms with E-state index in [4.69, 9.17) is 4.74 Å². The molecule has 0 saturated carbocycles. The van der Waals surface area contributed by atoms with Crippen molar-refractivity contribution in [3.05, 3.63) is 47.8 Å². The number of hydrogen-bond donors (Lipinski definition) is 1. The molecule has 1 fully saturated rings. The second-order valence-electron chi connectivity index (χ2n) is 5.89. The van der Waals surface area contributed by atoms with Crippen LogP contribution in [-0.2, 0) is 24.5 Å². The summed E-state index contributed by atoms with van der Waals surface area (Å²) in [6.07, 6.45) is 1.80. The lowest BCUT2D eigenvalue weighted by atomic mass is 10.0. The Balaban J connectivity index is 1.64. The van der Waals surface area contributed by atoms with Crippen LogP contribution in [0.5, 0.6) is 0 Å². The molecule has 8 heteroatoms. The fraction of sp³-hybridized carbons (Fsp3) is 0.500. The molecule has 0 spiro atoms. The Kier molecular flexibility index (Phi) is 4.86. The Morgan fingerprint density at radius 2 is 2.25 bits per heavy atom. The maximum absolute atomic E-state index is 13.0. The van der Waals surface area contributed by atoms with Crippen LogP contribution in [0.2, 0.25) is 0 Å². The van der Waals surface area contributed by atoms with Gasteiger partial charge in [0.1, 0.15) is 6.10 Å². The summed E-state index contributed by atoms with van der Waals surface area (Å²) in [5, 5.41) is 3.19. The predicted octanol–water partition coefficient (Wildman–Crippen LogP) is 2.84. The van der Waals surface area contributed by atoms with Gasteiger partial charge in [0.05, 0.1) is 29.5 Å². The molecule has 0 unspecified atom stereocenters. The van der Waals surface area contributed by atoms with Crippen LogP contribution in [0.1, 0.15) is 35.9 Å². The topological polar surface area (TPSA) is 52.0 Å². The molecule has 2 aromatic rings. The summed E-state index contributed by atoms with van der Waals surface area (Å²) in [5.41, 5.74) is 0.302. The van der Waals surface area contributed by atoms with Gasteiger partial charge in [-0.3, -0.25) is 4.98 Å². The molecular weight excluding hydrogens is 321 g/mol. The van der Waals surface area contributed by atoms with E-state index in [0.717, 1.165) is 18.2 Å². The summed E-state index contributed by atoms with van der Waals surface area (Å²) in [7, 11) is 1.90. The zero-order chi connectivity index (χ0) is 17.2. The molecule has 0 aliphatic carbocycles. The van der Waals surface area contributed by atoms with E-state index < -0.39 is 11.7 Å². The molecule has 0 radical (unpaired) electrons. The minimum absolute atomic E-state index is 0.0218. The third kappa shape index (κ3) is 3.76. The van der Waals surface area contributed by atoms with E-state index in [-0.39, 0.29) is 24.4 Å². The smallest absolute Gasteiger partial charge is 0.372 e. The second-order valence-corrected chi connectivity index (χ2v) is 5.89. The van der Waals surface area contributed by atoms with Crippen molar-refractivity contribution in [2.45, 2.75) is 37.7 Å². The normalized spacial score (nSPS) is 21.8. The summed E-state index contributed by atoms with van der Waals surface area (Å²) >= 11 is 0. The summed E-state index contributed by atoms with van der Waals surface area (Å²) in [6.45, 7) is 0.639. The maximum Gasteiger partial charge on any atom is 0.418 e. The van der Waals surface area contributed by atoms with Crippen LogP contribution in [0.25, 0.3) is 0 Å². The molecule has 2 atom stereocenters. The molecule has 5 nitrogen and oxygen atoms in total. The predicted molar refractivity (Wildman–Crippen MR) is 81.0 cm³/mol. The van der Waals surface area contributed by atoms with Gasteiger partial charge >= 0.3 is 6.18 Å². The van der Waals surface area contributed by atoms with Crippen molar-refractivity contribution in [1.29, 1.82) is 0 Å². The monoisotopic (exact) mass is 340 g/mol. The number of halogens is 3. The maximum atomic E-state index is 13.0. The lowest BCUT2D eigenvalue weighted by Gasteiger charge is -2.30. The first kappa shape index (κ1) is 16.9. The van der Waals surface area contributed by atoms with Crippen molar-refractivity contribution in [3.8, 4) is 0 Å². The molecule has 1 aliphatic rings. The first-order chi connectivity index (χ1) is 11.4. The molecular formula is C16H19F3N4O. The number of nitrogens with one attached hydrogen (secondary N) is 1. The molecule has 1 aliphatic heterocycles. The SMILES string of the molecule is Cn1cncc1[C@H]1C[C@H](NCc2ncccc2C(F)(F)F)CCO1. The molecule has 2 aromatic heterocycles. The van der Waals surface area contributed by atoms with E-state index in [1.165, 1.54) is 12.3 Å². The number of hydrogen-bond acceptors (Lipinski definition) is 4. The molecule has 0 bridgehead atoms. The highest BCUT2D eigenvalue weighted by Crippen LogP contribution is 2.31. The molecule has 3 heterocycles. The number of aryl methyl sites for hydroxylation is 1. The van der Waals surface area contributed by atoms with Gasteiger partial charge in [-0.2, -0.15) is 13.2 Å². The Hall–Kier alpha value is -1.93. The van der Waals surface area contributed by atoms with Crippen LogP contribution in [0.4, 0.5) is 13.2 Å². The molecule has 3 rings (SSSR count). The third-order valence-electron chi connectivity index (χ3n) is 4.22. The van der Waals surface area contributed by atoms with Crippen LogP contribution in [-0.4, -0.2) is 27.2 Å². The van der Waals surface area contributed by atoms with Crippen LogP contribution in [0, 0.1) is 0 Å². The Labute approximate surface area is 137 Å². The standard InChI is InChI=1S/C16H19F3N4O/c1-23-10-20-9-14(23)15-7-11(4-6-24-15)22-8-13-12(16(17,18)19)3-2-5-21-13/h2-3,5,9-11,15,22H,4,6-8H2,1H3/t11-,15-/m1/s1. The van der Waals surface area contributed by atoms with Crippen LogP contribution in [0.3, 0.4) is 0 Å². The van der Waals surface area contributed by atoms with E-state index >= 15 is 0 Å². The highest BCUT2D eigenvalue weighted by molar-refractivity contribution is 5.23. The van der Waals surface area contributed by atoms with E-state index in [0.29, 0.717) is 13.0 Å². The van der Waals surface area contributed by atoms with Crippen molar-refractivity contribution in [3.63, 3.8) is 0 Å². The largest absolute Gasteiger partial charge is 0.418 e. The third-order valence-corrected chi connectivity index (χ3v) is 4.22. The van der Waals surface area contributed by atoms with Gasteiger partial charge in [0.15, 0.2) is 0 Å². The highest BCUT2D eigenvalue weighted by Gasteiger charge is 2.34. The van der Waals surface area contributed by atoms with Crippen molar-refractivity contribution in [1.82, 2.24) is 19.9 Å². The summed E-state index contributed by atoms with van der Waals surface area (Å²) in [4.78, 5) is 7.97. The van der Waals surface area contributed by atoms with E-state index in [2.05, 4.69) is 15.3 Å². The van der Waals surface area contributed by atoms with Gasteiger partial charge in [-0.25, -0.2) is 4.98 Å². The molecule has 0 amide bonds. The van der Waals surface area contributed by atoms with Gasteiger partial charge in [0.2, 0.25) is 0 Å². The van der Waals surface area contributed by atoms with E-state index in [9.17, 15) is 13.2 Å². The zero-order valence-electron chi connectivity index (χ0n) is 13.3. The fourth-order valence-electron chi connectivity index (χ4n) is 2.94. The Bertz CT molecular complexity index is 686. The molecule has 1 N–H and O–H groups in total. The van der Waals surface area contributed by atoms with Crippen molar-refractivity contribution in [2.24, 2.45) is 7.05 Å². The van der Waals surface area contributed by atoms with Gasteiger partial charge in [0, 0.05) is 32.4 Å². The van der Waals surface area contributed by atoms with Gasteiger partial charge in [0.25, 0.3) is 0 Å². The Morgan fingerprint density at radius 3 is 2.96 bits per heavy atom. The summed E-state index contributed by atoms with van der Waals surface area (Å²) < 4.78 is 46.7.